The van der Waals surface area contributed by atoms with Crippen molar-refractivity contribution < 1.29 is 12.6 Å². The van der Waals surface area contributed by atoms with E-state index in [2.05, 4.69) is 0 Å². The van der Waals surface area contributed by atoms with Gasteiger partial charge in [-0.2, -0.15) is 8.42 Å². The van der Waals surface area contributed by atoms with E-state index in [0.29, 0.717) is 5.75 Å². The summed E-state index contributed by atoms with van der Waals surface area (Å²) in [5, 5.41) is 0. The van der Waals surface area contributed by atoms with Crippen LogP contribution in [0.5, 0.6) is 5.75 Å². The average Bonchev–Trinajstić information content (AvgIpc) is 2.28. The molecule has 0 unspecified atom stereocenters. The largest absolute Gasteiger partial charge is 0.383 e. The van der Waals surface area contributed by atoms with Crippen molar-refractivity contribution in [3.8, 4) is 5.75 Å². The Bertz CT molecular complexity index is 502. The van der Waals surface area contributed by atoms with Crippen LogP contribution in [0.3, 0.4) is 0 Å². The van der Waals surface area contributed by atoms with Crippen LogP contribution in [-0.4, -0.2) is 14.7 Å². The van der Waals surface area contributed by atoms with Crippen LogP contribution in [0, 0.1) is 0 Å². The summed E-state index contributed by atoms with van der Waals surface area (Å²) in [6.45, 7) is 0. The van der Waals surface area contributed by atoms with Crippen LogP contribution < -0.4 is 9.92 Å². The van der Waals surface area contributed by atoms with Crippen molar-refractivity contribution in [2.45, 2.75) is 37.6 Å². The number of benzene rings is 1. The first kappa shape index (κ1) is 13.4. The van der Waals surface area contributed by atoms with Crippen molar-refractivity contribution in [2.24, 2.45) is 5.73 Å². The van der Waals surface area contributed by atoms with Gasteiger partial charge >= 0.3 is 10.1 Å². The minimum Gasteiger partial charge on any atom is -0.383 e. The number of rotatable bonds is 3. The predicted molar refractivity (Wildman–Crippen MR) is 70.9 cm³/mol. The van der Waals surface area contributed by atoms with Crippen LogP contribution in [0.15, 0.2) is 24.3 Å². The van der Waals surface area contributed by atoms with E-state index >= 15 is 0 Å². The van der Waals surface area contributed by atoms with Crippen molar-refractivity contribution in [3.05, 3.63) is 29.8 Å². The highest BCUT2D eigenvalue weighted by Crippen LogP contribution is 2.35. The molecule has 0 aromatic heterocycles. The number of hydrogen-bond donors (Lipinski definition) is 1. The molecule has 0 spiro atoms. The Morgan fingerprint density at radius 1 is 1.11 bits per heavy atom. The standard InChI is InChI=1S/C13H19NO3S/c1-18(15,16)17-12-7-5-11(6-8-12)13(14)9-3-2-4-10-13/h5-8H,2-4,9-10,14H2,1H3. The molecule has 1 aromatic rings. The first-order valence-electron chi connectivity index (χ1n) is 6.18. The molecule has 0 amide bonds. The Hall–Kier alpha value is -1.07. The van der Waals surface area contributed by atoms with Gasteiger partial charge in [-0.1, -0.05) is 31.4 Å². The van der Waals surface area contributed by atoms with Gasteiger partial charge in [0.05, 0.1) is 6.26 Å². The van der Waals surface area contributed by atoms with Gasteiger partial charge in [-0.05, 0) is 30.5 Å². The molecule has 1 saturated carbocycles. The Balaban J connectivity index is 2.16. The molecule has 1 aliphatic carbocycles. The highest BCUT2D eigenvalue weighted by atomic mass is 32.2. The minimum atomic E-state index is -3.46. The second-order valence-corrected chi connectivity index (χ2v) is 6.60. The van der Waals surface area contributed by atoms with E-state index in [0.717, 1.165) is 37.5 Å². The summed E-state index contributed by atoms with van der Waals surface area (Å²) < 4.78 is 26.8. The van der Waals surface area contributed by atoms with E-state index in [4.69, 9.17) is 9.92 Å². The highest BCUT2D eigenvalue weighted by Gasteiger charge is 2.29. The van der Waals surface area contributed by atoms with Crippen LogP contribution in [0.2, 0.25) is 0 Å². The summed E-state index contributed by atoms with van der Waals surface area (Å²) >= 11 is 0. The Kier molecular flexibility index (Phi) is 3.64. The van der Waals surface area contributed by atoms with Crippen molar-refractivity contribution in [3.63, 3.8) is 0 Å². The zero-order valence-corrected chi connectivity index (χ0v) is 11.4. The molecule has 100 valence electrons. The van der Waals surface area contributed by atoms with Gasteiger partial charge < -0.3 is 9.92 Å². The predicted octanol–water partition coefficient (Wildman–Crippen LogP) is 2.14. The Morgan fingerprint density at radius 2 is 1.67 bits per heavy atom. The lowest BCUT2D eigenvalue weighted by Crippen LogP contribution is -2.38. The smallest absolute Gasteiger partial charge is 0.306 e. The Morgan fingerprint density at radius 3 is 2.17 bits per heavy atom. The number of hydrogen-bond acceptors (Lipinski definition) is 4. The maximum absolute atomic E-state index is 11.0. The van der Waals surface area contributed by atoms with Crippen LogP contribution in [0.25, 0.3) is 0 Å². The van der Waals surface area contributed by atoms with Crippen molar-refractivity contribution in [1.82, 2.24) is 0 Å². The molecule has 18 heavy (non-hydrogen) atoms. The fourth-order valence-electron chi connectivity index (χ4n) is 2.49. The quantitative estimate of drug-likeness (QED) is 0.854. The normalized spacial score (nSPS) is 19.4. The lowest BCUT2D eigenvalue weighted by Gasteiger charge is -2.34. The van der Waals surface area contributed by atoms with E-state index in [1.165, 1.54) is 6.42 Å². The monoisotopic (exact) mass is 269 g/mol. The average molecular weight is 269 g/mol. The lowest BCUT2D eigenvalue weighted by atomic mass is 9.77. The van der Waals surface area contributed by atoms with Crippen LogP contribution in [-0.2, 0) is 15.7 Å². The molecule has 0 radical (unpaired) electrons. The first-order valence-corrected chi connectivity index (χ1v) is 8.00. The van der Waals surface area contributed by atoms with Gasteiger partial charge in [0.15, 0.2) is 0 Å². The summed E-state index contributed by atoms with van der Waals surface area (Å²) in [4.78, 5) is 0. The van der Waals surface area contributed by atoms with Crippen LogP contribution >= 0.6 is 0 Å². The maximum atomic E-state index is 11.0. The van der Waals surface area contributed by atoms with Gasteiger partial charge in [0.1, 0.15) is 5.75 Å². The summed E-state index contributed by atoms with van der Waals surface area (Å²) in [6, 6.07) is 7.07. The zero-order valence-electron chi connectivity index (χ0n) is 10.6. The first-order chi connectivity index (χ1) is 8.39. The molecular formula is C13H19NO3S. The maximum Gasteiger partial charge on any atom is 0.306 e. The summed E-state index contributed by atoms with van der Waals surface area (Å²) in [7, 11) is -3.46. The fourth-order valence-corrected chi connectivity index (χ4v) is 2.95. The van der Waals surface area contributed by atoms with Gasteiger partial charge in [-0.15, -0.1) is 0 Å². The Labute approximate surface area is 108 Å². The SMILES string of the molecule is CS(=O)(=O)Oc1ccc(C2(N)CCCCC2)cc1. The molecule has 4 nitrogen and oxygen atoms in total. The third kappa shape index (κ3) is 3.23. The second-order valence-electron chi connectivity index (χ2n) is 5.03. The molecule has 2 N–H and O–H groups in total. The van der Waals surface area contributed by atoms with E-state index in [1.54, 1.807) is 12.1 Å². The lowest BCUT2D eigenvalue weighted by molar-refractivity contribution is 0.302. The molecule has 1 aromatic carbocycles. The molecule has 0 aliphatic heterocycles. The van der Waals surface area contributed by atoms with Crippen molar-refractivity contribution in [2.75, 3.05) is 6.26 Å². The van der Waals surface area contributed by atoms with Gasteiger partial charge in [0.25, 0.3) is 0 Å². The van der Waals surface area contributed by atoms with Gasteiger partial charge in [0, 0.05) is 5.54 Å². The molecule has 0 heterocycles. The molecule has 1 aliphatic rings. The zero-order chi connectivity index (χ0) is 13.2. The van der Waals surface area contributed by atoms with E-state index in [9.17, 15) is 8.42 Å². The third-order valence-electron chi connectivity index (χ3n) is 3.42. The minimum absolute atomic E-state index is 0.262. The van der Waals surface area contributed by atoms with Crippen LogP contribution in [0.1, 0.15) is 37.7 Å². The molecule has 0 bridgehead atoms. The number of nitrogens with two attached hydrogens (primary N) is 1. The molecule has 0 atom stereocenters. The van der Waals surface area contributed by atoms with Crippen molar-refractivity contribution in [1.29, 1.82) is 0 Å². The molecular weight excluding hydrogens is 250 g/mol. The molecule has 5 heteroatoms. The van der Waals surface area contributed by atoms with E-state index in [-0.39, 0.29) is 5.54 Å². The topological polar surface area (TPSA) is 69.4 Å². The fraction of sp³-hybridized carbons (Fsp3) is 0.538. The third-order valence-corrected chi connectivity index (χ3v) is 3.92. The second kappa shape index (κ2) is 4.90. The molecule has 2 rings (SSSR count). The van der Waals surface area contributed by atoms with Crippen molar-refractivity contribution >= 4 is 10.1 Å². The highest BCUT2D eigenvalue weighted by molar-refractivity contribution is 7.86. The summed E-state index contributed by atoms with van der Waals surface area (Å²) in [5.41, 5.74) is 7.19. The molecule has 0 saturated heterocycles. The van der Waals surface area contributed by atoms with E-state index < -0.39 is 10.1 Å². The molecule has 1 fully saturated rings. The van der Waals surface area contributed by atoms with Gasteiger partial charge in [-0.3, -0.25) is 0 Å². The van der Waals surface area contributed by atoms with Gasteiger partial charge in [-0.25, -0.2) is 0 Å². The van der Waals surface area contributed by atoms with Gasteiger partial charge in [0.2, 0.25) is 0 Å². The van der Waals surface area contributed by atoms with E-state index in [1.807, 2.05) is 12.1 Å². The summed E-state index contributed by atoms with van der Waals surface area (Å²) in [5.74, 6) is 0.334. The summed E-state index contributed by atoms with van der Waals surface area (Å²) in [6.07, 6.45) is 6.55. The van der Waals surface area contributed by atoms with Crippen LogP contribution in [0.4, 0.5) is 0 Å².